The molecule has 0 bridgehead atoms. The third-order valence-corrected chi connectivity index (χ3v) is 7.13. The van der Waals surface area contributed by atoms with E-state index in [0.29, 0.717) is 17.9 Å². The molecule has 30 heavy (non-hydrogen) atoms. The number of aromatic nitrogens is 3. The van der Waals surface area contributed by atoms with E-state index in [2.05, 4.69) is 37.5 Å². The van der Waals surface area contributed by atoms with Gasteiger partial charge in [0, 0.05) is 18.2 Å². The molecular formula is C23H31N5OS. The first-order valence-corrected chi connectivity index (χ1v) is 11.6. The third kappa shape index (κ3) is 4.42. The van der Waals surface area contributed by atoms with Crippen LogP contribution in [0.1, 0.15) is 52.1 Å². The molecule has 1 saturated carbocycles. The number of aryl methyl sites for hydroxylation is 1. The smallest absolute Gasteiger partial charge is 0.225 e. The van der Waals surface area contributed by atoms with Gasteiger partial charge in [0.1, 0.15) is 10.8 Å². The lowest BCUT2D eigenvalue weighted by molar-refractivity contribution is 0.229. The molecule has 3 N–H and O–H groups in total. The number of nitrogens with one attached hydrogen (secondary N) is 2. The first kappa shape index (κ1) is 21.0. The number of fused-ring (bicyclic) bond motifs is 1. The minimum absolute atomic E-state index is 0.0869. The fraction of sp³-hybridized carbons (Fsp3) is 0.522. The summed E-state index contributed by atoms with van der Waals surface area (Å²) in [5.41, 5.74) is 2.80. The quantitative estimate of drug-likeness (QED) is 0.480. The van der Waals surface area contributed by atoms with Crippen molar-refractivity contribution in [2.24, 2.45) is 5.92 Å². The standard InChI is InChI=1S/C23H31N5OS/c1-5-23(3,4)28-22-24-14(2)19(21-26-17-8-6-7-9-18(17)30-21)20(27-22)25-16-11-10-15(12-16)13-29/h6-9,15-16,29H,5,10-13H2,1-4H3,(H2,24,25,27,28)/t15-,16+/m1/s1. The highest BCUT2D eigenvalue weighted by molar-refractivity contribution is 7.21. The van der Waals surface area contributed by atoms with Crippen molar-refractivity contribution in [1.29, 1.82) is 0 Å². The molecule has 0 saturated heterocycles. The predicted octanol–water partition coefficient (Wildman–Crippen LogP) is 5.24. The molecule has 0 spiro atoms. The van der Waals surface area contributed by atoms with Crippen LogP contribution in [0.15, 0.2) is 24.3 Å². The summed E-state index contributed by atoms with van der Waals surface area (Å²) in [5.74, 6) is 1.84. The zero-order valence-corrected chi connectivity index (χ0v) is 19.0. The molecule has 7 heteroatoms. The Hall–Kier alpha value is -2.25. The van der Waals surface area contributed by atoms with E-state index in [0.717, 1.165) is 58.0 Å². The fourth-order valence-electron chi connectivity index (χ4n) is 3.92. The summed E-state index contributed by atoms with van der Waals surface area (Å²) in [5, 5.41) is 17.6. The van der Waals surface area contributed by atoms with Crippen LogP contribution in [-0.2, 0) is 0 Å². The second kappa shape index (κ2) is 8.47. The largest absolute Gasteiger partial charge is 0.396 e. The van der Waals surface area contributed by atoms with E-state index in [1.54, 1.807) is 11.3 Å². The molecule has 1 aliphatic rings. The maximum absolute atomic E-state index is 9.53. The average molecular weight is 426 g/mol. The molecule has 1 aromatic carbocycles. The van der Waals surface area contributed by atoms with Gasteiger partial charge in [0.15, 0.2) is 0 Å². The van der Waals surface area contributed by atoms with Crippen molar-refractivity contribution in [3.8, 4) is 10.6 Å². The molecule has 2 aromatic heterocycles. The van der Waals surface area contributed by atoms with Crippen LogP contribution in [-0.4, -0.2) is 38.2 Å². The summed E-state index contributed by atoms with van der Waals surface area (Å²) in [6.45, 7) is 8.75. The normalized spacial score (nSPS) is 19.4. The Balaban J connectivity index is 1.75. The summed E-state index contributed by atoms with van der Waals surface area (Å²) in [6.07, 6.45) is 4.01. The summed E-state index contributed by atoms with van der Waals surface area (Å²) in [6, 6.07) is 8.50. The van der Waals surface area contributed by atoms with Gasteiger partial charge in [-0.05, 0) is 64.5 Å². The van der Waals surface area contributed by atoms with Gasteiger partial charge in [-0.1, -0.05) is 19.1 Å². The number of nitrogens with zero attached hydrogens (tertiary/aromatic N) is 3. The van der Waals surface area contributed by atoms with Crippen molar-refractivity contribution in [3.63, 3.8) is 0 Å². The van der Waals surface area contributed by atoms with Gasteiger partial charge in [-0.2, -0.15) is 4.98 Å². The number of benzene rings is 1. The Labute approximate surface area is 182 Å². The first-order chi connectivity index (χ1) is 14.4. The van der Waals surface area contributed by atoms with E-state index >= 15 is 0 Å². The maximum Gasteiger partial charge on any atom is 0.225 e. The summed E-state index contributed by atoms with van der Waals surface area (Å²) in [4.78, 5) is 14.6. The van der Waals surface area contributed by atoms with Gasteiger partial charge < -0.3 is 15.7 Å². The number of para-hydroxylation sites is 1. The van der Waals surface area contributed by atoms with Crippen molar-refractivity contribution in [3.05, 3.63) is 30.0 Å². The molecule has 0 unspecified atom stereocenters. The molecule has 2 atom stereocenters. The maximum atomic E-state index is 9.53. The third-order valence-electron chi connectivity index (χ3n) is 6.07. The second-order valence-electron chi connectivity index (χ2n) is 8.91. The SMILES string of the molecule is CCC(C)(C)Nc1nc(C)c(-c2nc3ccccc3s2)c(N[C@H]2CC[C@@H](CO)C2)n1. The van der Waals surface area contributed by atoms with E-state index in [-0.39, 0.29) is 12.1 Å². The van der Waals surface area contributed by atoms with Crippen molar-refractivity contribution < 1.29 is 5.11 Å². The number of hydrogen-bond acceptors (Lipinski definition) is 7. The Morgan fingerprint density at radius 1 is 1.17 bits per heavy atom. The Kier molecular flexibility index (Phi) is 5.93. The number of aliphatic hydroxyl groups excluding tert-OH is 1. The van der Waals surface area contributed by atoms with E-state index in [1.165, 1.54) is 0 Å². The van der Waals surface area contributed by atoms with Crippen LogP contribution in [0.4, 0.5) is 11.8 Å². The highest BCUT2D eigenvalue weighted by Crippen LogP contribution is 2.38. The van der Waals surface area contributed by atoms with Crippen LogP contribution < -0.4 is 10.6 Å². The average Bonchev–Trinajstić information content (AvgIpc) is 3.33. The van der Waals surface area contributed by atoms with Gasteiger partial charge in [0.25, 0.3) is 0 Å². The van der Waals surface area contributed by atoms with Gasteiger partial charge in [0.2, 0.25) is 5.95 Å². The number of thiazole rings is 1. The Morgan fingerprint density at radius 2 is 1.97 bits per heavy atom. The van der Waals surface area contributed by atoms with Gasteiger partial charge in [-0.15, -0.1) is 11.3 Å². The van der Waals surface area contributed by atoms with Crippen LogP contribution >= 0.6 is 11.3 Å². The Bertz CT molecular complexity index is 999. The lowest BCUT2D eigenvalue weighted by Gasteiger charge is -2.26. The van der Waals surface area contributed by atoms with Crippen LogP contribution in [0, 0.1) is 12.8 Å². The molecule has 1 fully saturated rings. The molecule has 3 aromatic rings. The summed E-state index contributed by atoms with van der Waals surface area (Å²) >= 11 is 1.67. The zero-order valence-electron chi connectivity index (χ0n) is 18.2. The van der Waals surface area contributed by atoms with Gasteiger partial charge in [-0.3, -0.25) is 0 Å². The second-order valence-corrected chi connectivity index (χ2v) is 9.94. The van der Waals surface area contributed by atoms with Crippen LogP contribution in [0.3, 0.4) is 0 Å². The zero-order chi connectivity index (χ0) is 21.3. The van der Waals surface area contributed by atoms with Gasteiger partial charge in [-0.25, -0.2) is 9.97 Å². The van der Waals surface area contributed by atoms with Crippen molar-refractivity contribution >= 4 is 33.3 Å². The van der Waals surface area contributed by atoms with E-state index < -0.39 is 0 Å². The van der Waals surface area contributed by atoms with E-state index in [1.807, 2.05) is 25.1 Å². The molecule has 1 aliphatic carbocycles. The molecule has 0 amide bonds. The molecule has 0 aliphatic heterocycles. The minimum atomic E-state index is -0.0869. The van der Waals surface area contributed by atoms with Crippen molar-refractivity contribution in [1.82, 2.24) is 15.0 Å². The number of aliphatic hydroxyl groups is 1. The summed E-state index contributed by atoms with van der Waals surface area (Å²) in [7, 11) is 0. The highest BCUT2D eigenvalue weighted by atomic mass is 32.1. The lowest BCUT2D eigenvalue weighted by Crippen LogP contribution is -2.31. The van der Waals surface area contributed by atoms with E-state index in [9.17, 15) is 5.11 Å². The lowest BCUT2D eigenvalue weighted by atomic mass is 10.0. The number of rotatable bonds is 7. The molecule has 4 rings (SSSR count). The molecule has 0 radical (unpaired) electrons. The van der Waals surface area contributed by atoms with Crippen molar-refractivity contribution in [2.75, 3.05) is 17.2 Å². The van der Waals surface area contributed by atoms with Gasteiger partial charge >= 0.3 is 0 Å². The fourth-order valence-corrected chi connectivity index (χ4v) is 4.99. The van der Waals surface area contributed by atoms with Crippen molar-refractivity contribution in [2.45, 2.75) is 65.0 Å². The number of hydrogen-bond donors (Lipinski definition) is 3. The summed E-state index contributed by atoms with van der Waals surface area (Å²) < 4.78 is 1.16. The molecule has 6 nitrogen and oxygen atoms in total. The minimum Gasteiger partial charge on any atom is -0.396 e. The number of anilines is 2. The van der Waals surface area contributed by atoms with Crippen LogP contribution in [0.25, 0.3) is 20.8 Å². The van der Waals surface area contributed by atoms with Gasteiger partial charge in [0.05, 0.1) is 21.5 Å². The predicted molar refractivity (Wildman–Crippen MR) is 125 cm³/mol. The van der Waals surface area contributed by atoms with E-state index in [4.69, 9.17) is 15.0 Å². The van der Waals surface area contributed by atoms with Crippen LogP contribution in [0.2, 0.25) is 0 Å². The first-order valence-electron chi connectivity index (χ1n) is 10.8. The highest BCUT2D eigenvalue weighted by Gasteiger charge is 2.27. The Morgan fingerprint density at radius 3 is 2.67 bits per heavy atom. The van der Waals surface area contributed by atoms with Crippen LogP contribution in [0.5, 0.6) is 0 Å². The molecule has 2 heterocycles. The molecule has 160 valence electrons. The topological polar surface area (TPSA) is 83.0 Å². The molecular weight excluding hydrogens is 394 g/mol. The monoisotopic (exact) mass is 425 g/mol.